The maximum atomic E-state index is 5.99. The third-order valence-corrected chi connectivity index (χ3v) is 3.53. The summed E-state index contributed by atoms with van der Waals surface area (Å²) in [6.45, 7) is 3.80. The zero-order valence-corrected chi connectivity index (χ0v) is 11.8. The summed E-state index contributed by atoms with van der Waals surface area (Å²) >= 11 is 0. The van der Waals surface area contributed by atoms with E-state index in [4.69, 9.17) is 9.47 Å². The van der Waals surface area contributed by atoms with Crippen LogP contribution in [0.4, 0.5) is 0 Å². The molecule has 0 saturated carbocycles. The van der Waals surface area contributed by atoms with E-state index in [-0.39, 0.29) is 6.10 Å². The second-order valence-corrected chi connectivity index (χ2v) is 5.09. The molecule has 4 nitrogen and oxygen atoms in total. The predicted octanol–water partition coefficient (Wildman–Crippen LogP) is 3.07. The Labute approximate surface area is 119 Å². The maximum absolute atomic E-state index is 5.99. The Kier molecular flexibility index (Phi) is 3.90. The Balaban J connectivity index is 1.66. The summed E-state index contributed by atoms with van der Waals surface area (Å²) < 4.78 is 13.9. The summed E-state index contributed by atoms with van der Waals surface area (Å²) in [4.78, 5) is 4.45. The summed E-state index contributed by atoms with van der Waals surface area (Å²) in [6.07, 6.45) is 7.09. The number of hydrogen-bond donors (Lipinski definition) is 0. The van der Waals surface area contributed by atoms with Crippen molar-refractivity contribution in [3.8, 4) is 11.5 Å². The van der Waals surface area contributed by atoms with Gasteiger partial charge < -0.3 is 14.0 Å². The first-order valence-corrected chi connectivity index (χ1v) is 7.25. The van der Waals surface area contributed by atoms with Crippen molar-refractivity contribution in [2.45, 2.75) is 38.8 Å². The second-order valence-electron chi connectivity index (χ2n) is 5.09. The lowest BCUT2D eigenvalue weighted by atomic mass is 10.2. The van der Waals surface area contributed by atoms with Gasteiger partial charge in [0.15, 0.2) is 11.5 Å². The molecule has 0 radical (unpaired) electrons. The quantitative estimate of drug-likeness (QED) is 0.839. The molecule has 0 fully saturated rings. The van der Waals surface area contributed by atoms with E-state index in [9.17, 15) is 0 Å². The number of nitrogens with zero attached hydrogens (tertiary/aromatic N) is 2. The van der Waals surface area contributed by atoms with Crippen molar-refractivity contribution in [2.24, 2.45) is 0 Å². The van der Waals surface area contributed by atoms with E-state index in [0.717, 1.165) is 30.3 Å². The predicted molar refractivity (Wildman–Crippen MR) is 77.2 cm³/mol. The lowest BCUT2D eigenvalue weighted by Gasteiger charge is -2.26. The number of aryl methyl sites for hydroxylation is 1. The number of aromatic nitrogens is 2. The Morgan fingerprint density at radius 2 is 2.15 bits per heavy atom. The Morgan fingerprint density at radius 1 is 1.30 bits per heavy atom. The topological polar surface area (TPSA) is 36.3 Å². The van der Waals surface area contributed by atoms with Crippen LogP contribution in [0.2, 0.25) is 0 Å². The van der Waals surface area contributed by atoms with Crippen LogP contribution < -0.4 is 9.47 Å². The SMILES string of the molecule is CCCCn1ccnc1CC1COc2ccccc2O1. The number of imidazole rings is 1. The Hall–Kier alpha value is -1.97. The van der Waals surface area contributed by atoms with Gasteiger partial charge in [-0.25, -0.2) is 4.98 Å². The molecule has 1 aliphatic rings. The lowest BCUT2D eigenvalue weighted by Crippen LogP contribution is -2.32. The first kappa shape index (κ1) is 13.0. The molecule has 4 heteroatoms. The van der Waals surface area contributed by atoms with Crippen molar-refractivity contribution in [3.05, 3.63) is 42.5 Å². The van der Waals surface area contributed by atoms with Crippen LogP contribution in [0.25, 0.3) is 0 Å². The highest BCUT2D eigenvalue weighted by atomic mass is 16.6. The van der Waals surface area contributed by atoms with E-state index in [1.54, 1.807) is 0 Å². The van der Waals surface area contributed by atoms with Gasteiger partial charge in [0.05, 0.1) is 0 Å². The minimum absolute atomic E-state index is 0.0349. The molecule has 2 aromatic rings. The highest BCUT2D eigenvalue weighted by molar-refractivity contribution is 5.40. The first-order chi connectivity index (χ1) is 9.86. The van der Waals surface area contributed by atoms with Crippen LogP contribution in [-0.2, 0) is 13.0 Å². The number of hydrogen-bond acceptors (Lipinski definition) is 3. The minimum Gasteiger partial charge on any atom is -0.486 e. The van der Waals surface area contributed by atoms with Crippen molar-refractivity contribution < 1.29 is 9.47 Å². The molecule has 1 atom stereocenters. The molecule has 1 aromatic carbocycles. The second kappa shape index (κ2) is 5.99. The fourth-order valence-corrected chi connectivity index (χ4v) is 2.43. The van der Waals surface area contributed by atoms with Crippen LogP contribution in [0.3, 0.4) is 0 Å². The third-order valence-electron chi connectivity index (χ3n) is 3.53. The number of fused-ring (bicyclic) bond motifs is 1. The van der Waals surface area contributed by atoms with Gasteiger partial charge in [-0.2, -0.15) is 0 Å². The average molecular weight is 272 g/mol. The maximum Gasteiger partial charge on any atom is 0.161 e. The first-order valence-electron chi connectivity index (χ1n) is 7.25. The largest absolute Gasteiger partial charge is 0.486 e. The van der Waals surface area contributed by atoms with Crippen LogP contribution in [0.15, 0.2) is 36.7 Å². The van der Waals surface area contributed by atoms with Crippen LogP contribution in [0.5, 0.6) is 11.5 Å². The van der Waals surface area contributed by atoms with E-state index in [2.05, 4.69) is 16.5 Å². The number of para-hydroxylation sites is 2. The van der Waals surface area contributed by atoms with E-state index in [1.807, 2.05) is 36.7 Å². The molecule has 0 spiro atoms. The lowest BCUT2D eigenvalue weighted by molar-refractivity contribution is 0.0892. The molecule has 3 rings (SSSR count). The van der Waals surface area contributed by atoms with E-state index < -0.39 is 0 Å². The van der Waals surface area contributed by atoms with Gasteiger partial charge in [0.1, 0.15) is 18.5 Å². The van der Waals surface area contributed by atoms with Gasteiger partial charge >= 0.3 is 0 Å². The molecule has 0 N–H and O–H groups in total. The smallest absolute Gasteiger partial charge is 0.161 e. The van der Waals surface area contributed by atoms with Gasteiger partial charge in [0.2, 0.25) is 0 Å². The van der Waals surface area contributed by atoms with Crippen LogP contribution >= 0.6 is 0 Å². The summed E-state index contributed by atoms with van der Waals surface area (Å²) in [6, 6.07) is 7.81. The molecule has 20 heavy (non-hydrogen) atoms. The normalized spacial score (nSPS) is 17.1. The van der Waals surface area contributed by atoms with Gasteiger partial charge in [0.25, 0.3) is 0 Å². The third kappa shape index (κ3) is 2.79. The zero-order valence-electron chi connectivity index (χ0n) is 11.8. The van der Waals surface area contributed by atoms with Crippen molar-refractivity contribution >= 4 is 0 Å². The van der Waals surface area contributed by atoms with Gasteiger partial charge in [-0.15, -0.1) is 0 Å². The van der Waals surface area contributed by atoms with Crippen molar-refractivity contribution in [3.63, 3.8) is 0 Å². The fraction of sp³-hybridized carbons (Fsp3) is 0.438. The molecule has 0 amide bonds. The fourth-order valence-electron chi connectivity index (χ4n) is 2.43. The Morgan fingerprint density at radius 3 is 3.00 bits per heavy atom. The van der Waals surface area contributed by atoms with Gasteiger partial charge in [-0.3, -0.25) is 0 Å². The highest BCUT2D eigenvalue weighted by Crippen LogP contribution is 2.31. The van der Waals surface area contributed by atoms with Gasteiger partial charge in [-0.05, 0) is 18.6 Å². The van der Waals surface area contributed by atoms with Crippen LogP contribution in [0, 0.1) is 0 Å². The summed E-state index contributed by atoms with van der Waals surface area (Å²) in [5.74, 6) is 2.74. The standard InChI is InChI=1S/C16H20N2O2/c1-2-3-9-18-10-8-17-16(18)11-13-12-19-14-6-4-5-7-15(14)20-13/h4-8,10,13H,2-3,9,11-12H2,1H3. The minimum atomic E-state index is 0.0349. The molecule has 1 aliphatic heterocycles. The molecule has 0 bridgehead atoms. The number of ether oxygens (including phenoxy) is 2. The molecule has 0 saturated heterocycles. The van der Waals surface area contributed by atoms with E-state index in [1.165, 1.54) is 12.8 Å². The molecule has 0 aliphatic carbocycles. The van der Waals surface area contributed by atoms with Crippen LogP contribution in [-0.4, -0.2) is 22.3 Å². The zero-order chi connectivity index (χ0) is 13.8. The molecule has 106 valence electrons. The van der Waals surface area contributed by atoms with Gasteiger partial charge in [0, 0.05) is 25.4 Å². The number of benzene rings is 1. The van der Waals surface area contributed by atoms with E-state index >= 15 is 0 Å². The molecule has 1 unspecified atom stereocenters. The van der Waals surface area contributed by atoms with Crippen LogP contribution in [0.1, 0.15) is 25.6 Å². The van der Waals surface area contributed by atoms with Crippen molar-refractivity contribution in [1.82, 2.24) is 9.55 Å². The van der Waals surface area contributed by atoms with Crippen molar-refractivity contribution in [1.29, 1.82) is 0 Å². The summed E-state index contributed by atoms with van der Waals surface area (Å²) in [5.41, 5.74) is 0. The molecule has 2 heterocycles. The summed E-state index contributed by atoms with van der Waals surface area (Å²) in [7, 11) is 0. The molecule has 1 aromatic heterocycles. The monoisotopic (exact) mass is 272 g/mol. The number of rotatable bonds is 5. The van der Waals surface area contributed by atoms with Gasteiger partial charge in [-0.1, -0.05) is 25.5 Å². The highest BCUT2D eigenvalue weighted by Gasteiger charge is 2.22. The van der Waals surface area contributed by atoms with E-state index in [0.29, 0.717) is 6.61 Å². The summed E-state index contributed by atoms with van der Waals surface area (Å²) in [5, 5.41) is 0. The molecular formula is C16H20N2O2. The average Bonchev–Trinajstić information content (AvgIpc) is 2.92. The molecular weight excluding hydrogens is 252 g/mol. The van der Waals surface area contributed by atoms with Crippen molar-refractivity contribution in [2.75, 3.05) is 6.61 Å². The number of unbranched alkanes of at least 4 members (excludes halogenated alkanes) is 1. The Bertz CT molecular complexity index is 565.